The van der Waals surface area contributed by atoms with Crippen molar-refractivity contribution in [3.05, 3.63) is 46.9 Å². The number of Topliss-reactive ketones (excluding diaryl/α,β-unsaturated/α-hetero) is 1. The second-order valence-electron chi connectivity index (χ2n) is 4.84. The zero-order valence-corrected chi connectivity index (χ0v) is 10.9. The molecule has 0 spiro atoms. The number of nitrogen functional groups attached to an aromatic ring is 1. The Morgan fingerprint density at radius 3 is 2.79 bits per heavy atom. The fourth-order valence-electron chi connectivity index (χ4n) is 2.37. The third kappa shape index (κ3) is 1.80. The van der Waals surface area contributed by atoms with Crippen molar-refractivity contribution in [2.45, 2.75) is 26.4 Å². The number of carbonyl (C=O) groups is 1. The van der Waals surface area contributed by atoms with E-state index < -0.39 is 0 Å². The van der Waals surface area contributed by atoms with Gasteiger partial charge in [-0.05, 0) is 43.2 Å². The molecule has 1 unspecified atom stereocenters. The highest BCUT2D eigenvalue weighted by Crippen LogP contribution is 2.40. The summed E-state index contributed by atoms with van der Waals surface area (Å²) in [6.45, 7) is 3.84. The van der Waals surface area contributed by atoms with E-state index >= 15 is 0 Å². The first-order valence-corrected chi connectivity index (χ1v) is 6.21. The van der Waals surface area contributed by atoms with Crippen LogP contribution in [0.3, 0.4) is 0 Å². The van der Waals surface area contributed by atoms with E-state index in [9.17, 15) is 4.79 Å². The summed E-state index contributed by atoms with van der Waals surface area (Å²) in [4.78, 5) is 12.2. The van der Waals surface area contributed by atoms with Crippen LogP contribution in [-0.2, 0) is 0 Å². The topological polar surface area (TPSA) is 65.5 Å². The van der Waals surface area contributed by atoms with Gasteiger partial charge in [0.15, 0.2) is 11.9 Å². The summed E-state index contributed by atoms with van der Waals surface area (Å²) in [5.74, 6) is 1.34. The van der Waals surface area contributed by atoms with E-state index in [1.54, 1.807) is 18.4 Å². The molecule has 19 heavy (non-hydrogen) atoms. The van der Waals surface area contributed by atoms with Crippen molar-refractivity contribution in [3.63, 3.8) is 0 Å². The van der Waals surface area contributed by atoms with Crippen LogP contribution >= 0.6 is 0 Å². The van der Waals surface area contributed by atoms with E-state index in [-0.39, 0.29) is 18.3 Å². The largest absolute Gasteiger partial charge is 0.481 e. The number of ether oxygens (including phenoxy) is 1. The summed E-state index contributed by atoms with van der Waals surface area (Å²) in [7, 11) is 0. The molecule has 2 aromatic rings. The van der Waals surface area contributed by atoms with Gasteiger partial charge in [-0.2, -0.15) is 0 Å². The molecule has 4 heteroatoms. The normalized spacial score (nSPS) is 18.0. The van der Waals surface area contributed by atoms with Crippen molar-refractivity contribution >= 4 is 11.5 Å². The van der Waals surface area contributed by atoms with Crippen LogP contribution in [0.1, 0.15) is 39.8 Å². The van der Waals surface area contributed by atoms with Gasteiger partial charge in [0.25, 0.3) is 0 Å². The van der Waals surface area contributed by atoms with E-state index in [2.05, 4.69) is 0 Å². The van der Waals surface area contributed by atoms with Crippen LogP contribution in [0, 0.1) is 13.8 Å². The van der Waals surface area contributed by atoms with Crippen molar-refractivity contribution in [2.75, 3.05) is 5.73 Å². The van der Waals surface area contributed by atoms with Gasteiger partial charge in [-0.25, -0.2) is 0 Å². The number of benzene rings is 1. The molecular formula is C15H15NO3. The van der Waals surface area contributed by atoms with Crippen molar-refractivity contribution < 1.29 is 13.9 Å². The average Bonchev–Trinajstić information content (AvgIpc) is 2.91. The number of hydrogen-bond donors (Lipinski definition) is 1. The molecule has 4 nitrogen and oxygen atoms in total. The standard InChI is InChI=1S/C15H15NO3/c1-8-9(2)15-10(6-11(8)16)12(17)7-14(19-15)13-4-3-5-18-13/h3-6,14H,7,16H2,1-2H3. The average molecular weight is 257 g/mol. The molecule has 0 fully saturated rings. The summed E-state index contributed by atoms with van der Waals surface area (Å²) in [5.41, 5.74) is 8.98. The fourth-order valence-corrected chi connectivity index (χ4v) is 2.37. The van der Waals surface area contributed by atoms with Crippen molar-refractivity contribution in [1.82, 2.24) is 0 Å². The molecular weight excluding hydrogens is 242 g/mol. The highest BCUT2D eigenvalue weighted by molar-refractivity contribution is 6.01. The summed E-state index contributed by atoms with van der Waals surface area (Å²) >= 11 is 0. The van der Waals surface area contributed by atoms with Gasteiger partial charge in [-0.3, -0.25) is 4.79 Å². The number of anilines is 1. The Morgan fingerprint density at radius 2 is 2.11 bits per heavy atom. The summed E-state index contributed by atoms with van der Waals surface area (Å²) in [6, 6.07) is 5.32. The van der Waals surface area contributed by atoms with Crippen LogP contribution in [0.25, 0.3) is 0 Å². The third-order valence-corrected chi connectivity index (χ3v) is 3.67. The van der Waals surface area contributed by atoms with E-state index in [0.717, 1.165) is 11.1 Å². The van der Waals surface area contributed by atoms with Crippen LogP contribution in [0.2, 0.25) is 0 Å². The molecule has 1 aromatic carbocycles. The van der Waals surface area contributed by atoms with Crippen molar-refractivity contribution in [2.24, 2.45) is 0 Å². The molecule has 0 amide bonds. The second-order valence-corrected chi connectivity index (χ2v) is 4.84. The quantitative estimate of drug-likeness (QED) is 0.797. The fraction of sp³-hybridized carbons (Fsp3) is 0.267. The number of furan rings is 1. The molecule has 3 rings (SSSR count). The monoisotopic (exact) mass is 257 g/mol. The predicted octanol–water partition coefficient (Wildman–Crippen LogP) is 3.19. The minimum absolute atomic E-state index is 0.0393. The number of nitrogens with two attached hydrogens (primary N) is 1. The molecule has 0 saturated heterocycles. The van der Waals surface area contributed by atoms with Gasteiger partial charge >= 0.3 is 0 Å². The van der Waals surface area contributed by atoms with Gasteiger partial charge in [0.05, 0.1) is 18.2 Å². The maximum absolute atomic E-state index is 12.2. The molecule has 98 valence electrons. The predicted molar refractivity (Wildman–Crippen MR) is 71.4 cm³/mol. The van der Waals surface area contributed by atoms with Gasteiger partial charge in [-0.1, -0.05) is 0 Å². The van der Waals surface area contributed by atoms with Crippen LogP contribution < -0.4 is 10.5 Å². The number of fused-ring (bicyclic) bond motifs is 1. The first kappa shape index (κ1) is 11.8. The number of hydrogen-bond acceptors (Lipinski definition) is 4. The van der Waals surface area contributed by atoms with Gasteiger partial charge in [0.2, 0.25) is 0 Å². The van der Waals surface area contributed by atoms with E-state index in [1.807, 2.05) is 19.9 Å². The van der Waals surface area contributed by atoms with Crippen LogP contribution in [-0.4, -0.2) is 5.78 Å². The molecule has 1 aliphatic rings. The smallest absolute Gasteiger partial charge is 0.170 e. The van der Waals surface area contributed by atoms with E-state index in [1.165, 1.54) is 0 Å². The first-order chi connectivity index (χ1) is 9.08. The Hall–Kier alpha value is -2.23. The summed E-state index contributed by atoms with van der Waals surface area (Å²) in [5, 5.41) is 0. The molecule has 0 saturated carbocycles. The Balaban J connectivity index is 2.09. The molecule has 2 N–H and O–H groups in total. The Bertz CT molecular complexity index is 644. The maximum atomic E-state index is 12.2. The maximum Gasteiger partial charge on any atom is 0.170 e. The van der Waals surface area contributed by atoms with E-state index in [0.29, 0.717) is 22.8 Å². The lowest BCUT2D eigenvalue weighted by Crippen LogP contribution is -2.21. The molecule has 0 bridgehead atoms. The molecule has 0 radical (unpaired) electrons. The molecule has 1 aromatic heterocycles. The minimum atomic E-state index is -0.350. The Labute approximate surface area is 111 Å². The van der Waals surface area contributed by atoms with Gasteiger partial charge in [0, 0.05) is 5.69 Å². The van der Waals surface area contributed by atoms with Gasteiger partial charge in [0.1, 0.15) is 11.5 Å². The van der Waals surface area contributed by atoms with Gasteiger partial charge in [-0.15, -0.1) is 0 Å². The molecule has 2 heterocycles. The number of carbonyl (C=O) groups excluding carboxylic acids is 1. The van der Waals surface area contributed by atoms with Gasteiger partial charge < -0.3 is 14.9 Å². The van der Waals surface area contributed by atoms with Crippen LogP contribution in [0.5, 0.6) is 5.75 Å². The molecule has 0 aliphatic carbocycles. The lowest BCUT2D eigenvalue weighted by atomic mass is 9.94. The Kier molecular flexibility index (Phi) is 2.59. The van der Waals surface area contributed by atoms with E-state index in [4.69, 9.17) is 14.9 Å². The van der Waals surface area contributed by atoms with Crippen molar-refractivity contribution in [3.8, 4) is 5.75 Å². The zero-order chi connectivity index (χ0) is 13.6. The number of rotatable bonds is 1. The lowest BCUT2D eigenvalue weighted by Gasteiger charge is -2.26. The van der Waals surface area contributed by atoms with Crippen LogP contribution in [0.15, 0.2) is 28.9 Å². The number of ketones is 1. The Morgan fingerprint density at radius 1 is 1.32 bits per heavy atom. The zero-order valence-electron chi connectivity index (χ0n) is 10.9. The highest BCUT2D eigenvalue weighted by Gasteiger charge is 2.31. The molecule has 1 aliphatic heterocycles. The summed E-state index contributed by atoms with van der Waals surface area (Å²) in [6.07, 6.45) is 1.51. The molecule has 1 atom stereocenters. The second kappa shape index (κ2) is 4.16. The SMILES string of the molecule is Cc1c(N)cc2c(c1C)OC(c1ccco1)CC2=O. The first-order valence-electron chi connectivity index (χ1n) is 6.21. The minimum Gasteiger partial charge on any atom is -0.481 e. The highest BCUT2D eigenvalue weighted by atomic mass is 16.5. The summed E-state index contributed by atoms with van der Waals surface area (Å²) < 4.78 is 11.3. The van der Waals surface area contributed by atoms with Crippen molar-refractivity contribution in [1.29, 1.82) is 0 Å². The lowest BCUT2D eigenvalue weighted by molar-refractivity contribution is 0.0815. The van der Waals surface area contributed by atoms with Crippen LogP contribution in [0.4, 0.5) is 5.69 Å². The third-order valence-electron chi connectivity index (χ3n) is 3.67.